The number of benzene rings is 1. The van der Waals surface area contributed by atoms with E-state index in [0.29, 0.717) is 30.2 Å². The first kappa shape index (κ1) is 20.2. The van der Waals surface area contributed by atoms with E-state index >= 15 is 0 Å². The summed E-state index contributed by atoms with van der Waals surface area (Å²) in [6, 6.07) is 6.03. The van der Waals surface area contributed by atoms with E-state index in [1.807, 2.05) is 14.1 Å². The Morgan fingerprint density at radius 3 is 2.50 bits per heavy atom. The highest BCUT2D eigenvalue weighted by molar-refractivity contribution is 7.89. The molecular formula is C19H24N4O4S. The average molecular weight is 404 g/mol. The van der Waals surface area contributed by atoms with Crippen LogP contribution in [0, 0.1) is 0 Å². The number of hydrogen-bond donors (Lipinski definition) is 0. The molecule has 9 heteroatoms. The third kappa shape index (κ3) is 4.31. The third-order valence-corrected chi connectivity index (χ3v) is 6.47. The molecule has 8 nitrogen and oxygen atoms in total. The molecule has 1 aromatic heterocycles. The molecule has 1 fully saturated rings. The van der Waals surface area contributed by atoms with Crippen molar-refractivity contribution in [2.45, 2.75) is 30.8 Å². The molecule has 1 aliphatic heterocycles. The number of rotatable bonds is 6. The van der Waals surface area contributed by atoms with Gasteiger partial charge in [0.15, 0.2) is 11.6 Å². The van der Waals surface area contributed by atoms with Crippen molar-refractivity contribution in [2.75, 3.05) is 32.1 Å². The number of ketones is 1. The number of carbonyl (C=O) groups is 1. The van der Waals surface area contributed by atoms with Crippen molar-refractivity contribution in [3.63, 3.8) is 0 Å². The summed E-state index contributed by atoms with van der Waals surface area (Å²) >= 11 is 0. The Morgan fingerprint density at radius 1 is 1.18 bits per heavy atom. The number of nitrogens with zero attached hydrogens (tertiary/aromatic N) is 4. The van der Waals surface area contributed by atoms with Crippen molar-refractivity contribution in [1.82, 2.24) is 14.3 Å². The normalized spacial score (nSPS) is 17.9. The molecule has 0 N–H and O–H groups in total. The molecule has 2 aromatic rings. The zero-order valence-corrected chi connectivity index (χ0v) is 17.0. The summed E-state index contributed by atoms with van der Waals surface area (Å²) in [5, 5.41) is 0. The van der Waals surface area contributed by atoms with Gasteiger partial charge >= 0.3 is 0 Å². The number of Topliss-reactive ketones (excluding diaryl/α,β-unsaturated/α-hetero) is 1. The monoisotopic (exact) mass is 404 g/mol. The lowest BCUT2D eigenvalue weighted by atomic mass is 10.1. The van der Waals surface area contributed by atoms with Crippen molar-refractivity contribution in [1.29, 1.82) is 0 Å². The SMILES string of the molecule is CC(=O)c1ccc(S(=O)(=O)N2CCCC(Oc3nccnc3N(C)C)C2)cc1. The molecule has 2 heterocycles. The smallest absolute Gasteiger partial charge is 0.257 e. The van der Waals surface area contributed by atoms with Gasteiger partial charge in [0.2, 0.25) is 10.0 Å². The molecule has 1 saturated heterocycles. The van der Waals surface area contributed by atoms with Crippen molar-refractivity contribution in [3.8, 4) is 5.88 Å². The molecule has 0 spiro atoms. The molecule has 1 aliphatic rings. The molecule has 1 unspecified atom stereocenters. The Labute approximate surface area is 165 Å². The maximum absolute atomic E-state index is 13.0. The molecule has 3 rings (SSSR count). The highest BCUT2D eigenvalue weighted by atomic mass is 32.2. The summed E-state index contributed by atoms with van der Waals surface area (Å²) in [7, 11) is 0.0323. The lowest BCUT2D eigenvalue weighted by Crippen LogP contribution is -2.44. The molecular weight excluding hydrogens is 380 g/mol. The number of sulfonamides is 1. The summed E-state index contributed by atoms with van der Waals surface area (Å²) in [4.78, 5) is 21.9. The minimum atomic E-state index is -3.66. The third-order valence-electron chi connectivity index (χ3n) is 4.59. The van der Waals surface area contributed by atoms with Gasteiger partial charge in [0.05, 0.1) is 11.4 Å². The van der Waals surface area contributed by atoms with E-state index in [-0.39, 0.29) is 23.3 Å². The number of ether oxygens (including phenoxy) is 1. The quantitative estimate of drug-likeness (QED) is 0.680. The van der Waals surface area contributed by atoms with Gasteiger partial charge in [0, 0.05) is 38.6 Å². The maximum Gasteiger partial charge on any atom is 0.257 e. The topological polar surface area (TPSA) is 92.7 Å². The lowest BCUT2D eigenvalue weighted by Gasteiger charge is -2.32. The lowest BCUT2D eigenvalue weighted by molar-refractivity contribution is 0.101. The van der Waals surface area contributed by atoms with Gasteiger partial charge in [-0.1, -0.05) is 12.1 Å². The fraction of sp³-hybridized carbons (Fsp3) is 0.421. The predicted octanol–water partition coefficient (Wildman–Crippen LogP) is 1.98. The molecule has 28 heavy (non-hydrogen) atoms. The summed E-state index contributed by atoms with van der Waals surface area (Å²) < 4.78 is 33.4. The number of anilines is 1. The Kier molecular flexibility index (Phi) is 5.95. The van der Waals surface area contributed by atoms with Crippen LogP contribution in [0.25, 0.3) is 0 Å². The first-order valence-corrected chi connectivity index (χ1v) is 10.5. The fourth-order valence-corrected chi connectivity index (χ4v) is 4.61. The van der Waals surface area contributed by atoms with E-state index in [1.54, 1.807) is 17.3 Å². The van der Waals surface area contributed by atoms with Gasteiger partial charge in [-0.3, -0.25) is 4.79 Å². The standard InChI is InChI=1S/C19H24N4O4S/c1-14(24)15-6-8-17(9-7-15)28(25,26)23-12-4-5-16(13-23)27-19-18(22(2)3)20-10-11-21-19/h6-11,16H,4-5,12-13H2,1-3H3. The van der Waals surface area contributed by atoms with E-state index in [0.717, 1.165) is 6.42 Å². The van der Waals surface area contributed by atoms with E-state index in [9.17, 15) is 13.2 Å². The first-order valence-electron chi connectivity index (χ1n) is 9.05. The van der Waals surface area contributed by atoms with Crippen molar-refractivity contribution < 1.29 is 17.9 Å². The molecule has 0 amide bonds. The molecule has 1 atom stereocenters. The Balaban J connectivity index is 1.76. The van der Waals surface area contributed by atoms with Crippen LogP contribution in [0.5, 0.6) is 5.88 Å². The van der Waals surface area contributed by atoms with Gasteiger partial charge in [0.25, 0.3) is 5.88 Å². The molecule has 1 aromatic carbocycles. The minimum Gasteiger partial charge on any atom is -0.470 e. The van der Waals surface area contributed by atoms with E-state index < -0.39 is 10.0 Å². The molecule has 0 saturated carbocycles. The number of hydrogen-bond acceptors (Lipinski definition) is 7. The average Bonchev–Trinajstić information content (AvgIpc) is 2.68. The van der Waals surface area contributed by atoms with Crippen LogP contribution in [0.15, 0.2) is 41.6 Å². The van der Waals surface area contributed by atoms with Crippen LogP contribution in [0.3, 0.4) is 0 Å². The van der Waals surface area contributed by atoms with Gasteiger partial charge in [-0.25, -0.2) is 18.4 Å². The van der Waals surface area contributed by atoms with Crippen LogP contribution in [0.1, 0.15) is 30.1 Å². The second-order valence-electron chi connectivity index (χ2n) is 6.91. The summed E-state index contributed by atoms with van der Waals surface area (Å²) in [5.74, 6) is 0.890. The first-order chi connectivity index (χ1) is 13.3. The van der Waals surface area contributed by atoms with Crippen LogP contribution < -0.4 is 9.64 Å². The predicted molar refractivity (Wildman–Crippen MR) is 105 cm³/mol. The highest BCUT2D eigenvalue weighted by Crippen LogP contribution is 2.26. The number of carbonyl (C=O) groups excluding carboxylic acids is 1. The van der Waals surface area contributed by atoms with Crippen molar-refractivity contribution in [3.05, 3.63) is 42.2 Å². The summed E-state index contributed by atoms with van der Waals surface area (Å²) in [6.45, 7) is 2.11. The van der Waals surface area contributed by atoms with Crippen LogP contribution >= 0.6 is 0 Å². The Bertz CT molecular complexity index is 945. The van der Waals surface area contributed by atoms with Crippen molar-refractivity contribution >= 4 is 21.6 Å². The van der Waals surface area contributed by atoms with E-state index in [1.165, 1.54) is 35.5 Å². The zero-order valence-electron chi connectivity index (χ0n) is 16.2. The molecule has 0 bridgehead atoms. The van der Waals surface area contributed by atoms with Gasteiger partial charge in [-0.15, -0.1) is 0 Å². The van der Waals surface area contributed by atoms with Crippen LogP contribution in [-0.4, -0.2) is 61.8 Å². The number of aromatic nitrogens is 2. The highest BCUT2D eigenvalue weighted by Gasteiger charge is 2.32. The van der Waals surface area contributed by atoms with Crippen LogP contribution in [0.2, 0.25) is 0 Å². The second-order valence-corrected chi connectivity index (χ2v) is 8.84. The number of piperidine rings is 1. The van der Waals surface area contributed by atoms with E-state index in [2.05, 4.69) is 9.97 Å². The van der Waals surface area contributed by atoms with Gasteiger partial charge in [-0.2, -0.15) is 4.31 Å². The molecule has 150 valence electrons. The molecule has 0 aliphatic carbocycles. The largest absolute Gasteiger partial charge is 0.470 e. The Morgan fingerprint density at radius 2 is 1.86 bits per heavy atom. The second kappa shape index (κ2) is 8.24. The zero-order chi connectivity index (χ0) is 20.3. The van der Waals surface area contributed by atoms with Gasteiger partial charge in [-0.05, 0) is 31.9 Å². The fourth-order valence-electron chi connectivity index (χ4n) is 3.10. The van der Waals surface area contributed by atoms with Crippen LogP contribution in [0.4, 0.5) is 5.82 Å². The minimum absolute atomic E-state index is 0.101. The van der Waals surface area contributed by atoms with E-state index in [4.69, 9.17) is 4.74 Å². The van der Waals surface area contributed by atoms with Gasteiger partial charge < -0.3 is 9.64 Å². The Hall–Kier alpha value is -2.52. The van der Waals surface area contributed by atoms with Crippen LogP contribution in [-0.2, 0) is 10.0 Å². The van der Waals surface area contributed by atoms with Gasteiger partial charge in [0.1, 0.15) is 6.10 Å². The summed E-state index contributed by atoms with van der Waals surface area (Å²) in [5.41, 5.74) is 0.484. The van der Waals surface area contributed by atoms with Crippen molar-refractivity contribution in [2.24, 2.45) is 0 Å². The molecule has 0 radical (unpaired) electrons. The summed E-state index contributed by atoms with van der Waals surface area (Å²) in [6.07, 6.45) is 4.25. The maximum atomic E-state index is 13.0.